The van der Waals surface area contributed by atoms with Crippen molar-refractivity contribution in [2.24, 2.45) is 0 Å². The van der Waals surface area contributed by atoms with Crippen LogP contribution in [0.2, 0.25) is 0 Å². The van der Waals surface area contributed by atoms with E-state index in [1.54, 1.807) is 12.1 Å². The molecule has 0 radical (unpaired) electrons. The van der Waals surface area contributed by atoms with E-state index in [4.69, 9.17) is 4.74 Å². The molecule has 1 aliphatic rings. The minimum Gasteiger partial charge on any atom is -0.497 e. The van der Waals surface area contributed by atoms with Gasteiger partial charge in [0.25, 0.3) is 0 Å². The second-order valence-electron chi connectivity index (χ2n) is 7.06. The van der Waals surface area contributed by atoms with Crippen molar-refractivity contribution in [3.05, 3.63) is 35.5 Å². The van der Waals surface area contributed by atoms with E-state index >= 15 is 0 Å². The number of sulfone groups is 1. The first kappa shape index (κ1) is 19.5. The lowest BCUT2D eigenvalue weighted by Crippen LogP contribution is -2.17. The summed E-state index contributed by atoms with van der Waals surface area (Å²) in [7, 11) is -2.26. The maximum Gasteiger partial charge on any atom is 0.222 e. The van der Waals surface area contributed by atoms with Crippen molar-refractivity contribution in [1.29, 1.82) is 0 Å². The van der Waals surface area contributed by atoms with Crippen molar-refractivity contribution in [3.8, 4) is 5.75 Å². The number of anilines is 1. The van der Waals surface area contributed by atoms with E-state index in [0.717, 1.165) is 31.4 Å². The molecule has 7 heteroatoms. The molecule has 146 valence electrons. The van der Waals surface area contributed by atoms with Gasteiger partial charge in [-0.1, -0.05) is 12.8 Å². The monoisotopic (exact) mass is 390 g/mol. The summed E-state index contributed by atoms with van der Waals surface area (Å²) in [6.07, 6.45) is 4.20. The summed E-state index contributed by atoms with van der Waals surface area (Å²) in [5, 5.41) is 2.80. The van der Waals surface area contributed by atoms with E-state index in [2.05, 4.69) is 5.32 Å². The Morgan fingerprint density at radius 1 is 1.15 bits per heavy atom. The predicted molar refractivity (Wildman–Crippen MR) is 104 cm³/mol. The van der Waals surface area contributed by atoms with Crippen molar-refractivity contribution in [2.45, 2.75) is 62.3 Å². The number of aromatic nitrogens is 1. The molecular formula is C20H26N2O4S. The van der Waals surface area contributed by atoms with Gasteiger partial charge in [-0.2, -0.15) is 0 Å². The molecular weight excluding hydrogens is 364 g/mol. The Morgan fingerprint density at radius 3 is 2.26 bits per heavy atom. The van der Waals surface area contributed by atoms with Crippen LogP contribution in [0.4, 0.5) is 5.82 Å². The molecule has 2 aromatic rings. The fourth-order valence-electron chi connectivity index (χ4n) is 3.90. The summed E-state index contributed by atoms with van der Waals surface area (Å²) in [6.45, 7) is 5.13. The highest BCUT2D eigenvalue weighted by atomic mass is 32.2. The Kier molecular flexibility index (Phi) is 5.33. The average Bonchev–Trinajstić information content (AvgIpc) is 3.22. The standard InChI is InChI=1S/C20H26N2O4S/c1-13-14(2)22(16-7-5-6-8-16)20(21-15(3)23)19(13)27(24,25)18-11-9-17(26-4)10-12-18/h9-12,16H,5-8H2,1-4H3,(H,21,23). The molecule has 1 N–H and O–H groups in total. The van der Waals surface area contributed by atoms with Crippen molar-refractivity contribution in [1.82, 2.24) is 4.57 Å². The summed E-state index contributed by atoms with van der Waals surface area (Å²) in [5.74, 6) is 0.700. The molecule has 1 aromatic heterocycles. The Labute approximate surface area is 160 Å². The molecule has 1 saturated carbocycles. The van der Waals surface area contributed by atoms with Crippen LogP contribution in [0.5, 0.6) is 5.75 Å². The summed E-state index contributed by atoms with van der Waals surface area (Å²) >= 11 is 0. The second kappa shape index (κ2) is 7.38. The first-order valence-corrected chi connectivity index (χ1v) is 10.6. The fourth-order valence-corrected chi connectivity index (χ4v) is 5.59. The van der Waals surface area contributed by atoms with Gasteiger partial charge in [-0.3, -0.25) is 4.79 Å². The molecule has 0 unspecified atom stereocenters. The Bertz CT molecular complexity index is 953. The molecule has 3 rings (SSSR count). The third kappa shape index (κ3) is 3.48. The van der Waals surface area contributed by atoms with Crippen molar-refractivity contribution >= 4 is 21.6 Å². The van der Waals surface area contributed by atoms with Crippen LogP contribution in [0.1, 0.15) is 49.9 Å². The number of rotatable bonds is 5. The van der Waals surface area contributed by atoms with Gasteiger partial charge < -0.3 is 14.6 Å². The van der Waals surface area contributed by atoms with Gasteiger partial charge in [0.15, 0.2) is 0 Å². The fraction of sp³-hybridized carbons (Fsp3) is 0.450. The quantitative estimate of drug-likeness (QED) is 0.836. The zero-order valence-electron chi connectivity index (χ0n) is 16.2. The van der Waals surface area contributed by atoms with Gasteiger partial charge >= 0.3 is 0 Å². The topological polar surface area (TPSA) is 77.4 Å². The summed E-state index contributed by atoms with van der Waals surface area (Å²) < 4.78 is 34.0. The number of ether oxygens (including phenoxy) is 1. The first-order chi connectivity index (χ1) is 12.8. The number of carbonyl (C=O) groups is 1. The van der Waals surface area contributed by atoms with Crippen LogP contribution >= 0.6 is 0 Å². The second-order valence-corrected chi connectivity index (χ2v) is 8.94. The maximum atomic E-state index is 13.4. The van der Waals surface area contributed by atoms with Gasteiger partial charge in [0.1, 0.15) is 16.5 Å². The zero-order valence-corrected chi connectivity index (χ0v) is 17.0. The normalized spacial score (nSPS) is 15.1. The van der Waals surface area contributed by atoms with Gasteiger partial charge in [0.05, 0.1) is 12.0 Å². The number of carbonyl (C=O) groups excluding carboxylic acids is 1. The lowest BCUT2D eigenvalue weighted by molar-refractivity contribution is -0.114. The SMILES string of the molecule is COc1ccc(S(=O)(=O)c2c(C)c(C)n(C3CCCC3)c2NC(C)=O)cc1. The van der Waals surface area contributed by atoms with Crippen LogP contribution in [0.25, 0.3) is 0 Å². The van der Waals surface area contributed by atoms with Gasteiger partial charge in [-0.25, -0.2) is 8.42 Å². The molecule has 6 nitrogen and oxygen atoms in total. The summed E-state index contributed by atoms with van der Waals surface area (Å²) in [6, 6.07) is 6.54. The minimum absolute atomic E-state index is 0.182. The van der Waals surface area contributed by atoms with E-state index in [0.29, 0.717) is 17.1 Å². The largest absolute Gasteiger partial charge is 0.497 e. The molecule has 0 saturated heterocycles. The van der Waals surface area contributed by atoms with E-state index in [1.807, 2.05) is 18.4 Å². The van der Waals surface area contributed by atoms with Crippen molar-refractivity contribution in [3.63, 3.8) is 0 Å². The molecule has 0 spiro atoms. The molecule has 0 bridgehead atoms. The zero-order chi connectivity index (χ0) is 19.8. The van der Waals surface area contributed by atoms with Gasteiger partial charge in [0, 0.05) is 18.7 Å². The molecule has 1 aliphatic carbocycles. The molecule has 0 atom stereocenters. The molecule has 1 heterocycles. The highest BCUT2D eigenvalue weighted by molar-refractivity contribution is 7.91. The van der Waals surface area contributed by atoms with Gasteiger partial charge in [-0.05, 0) is 56.5 Å². The van der Waals surface area contributed by atoms with Crippen LogP contribution < -0.4 is 10.1 Å². The highest BCUT2D eigenvalue weighted by Gasteiger charge is 2.33. The van der Waals surface area contributed by atoms with Gasteiger partial charge in [-0.15, -0.1) is 0 Å². The molecule has 1 amide bonds. The van der Waals surface area contributed by atoms with Crippen LogP contribution in [-0.4, -0.2) is 26.0 Å². The van der Waals surface area contributed by atoms with Crippen LogP contribution in [-0.2, 0) is 14.6 Å². The maximum absolute atomic E-state index is 13.4. The summed E-state index contributed by atoms with van der Waals surface area (Å²) in [5.41, 5.74) is 1.57. The van der Waals surface area contributed by atoms with E-state index in [9.17, 15) is 13.2 Å². The Balaban J connectivity index is 2.20. The van der Waals surface area contributed by atoms with Crippen LogP contribution in [0.3, 0.4) is 0 Å². The lowest BCUT2D eigenvalue weighted by Gasteiger charge is -2.19. The number of nitrogens with zero attached hydrogens (tertiary/aromatic N) is 1. The van der Waals surface area contributed by atoms with Crippen molar-refractivity contribution in [2.75, 3.05) is 12.4 Å². The van der Waals surface area contributed by atoms with Crippen LogP contribution in [0.15, 0.2) is 34.1 Å². The number of methoxy groups -OCH3 is 1. The van der Waals surface area contributed by atoms with E-state index < -0.39 is 9.84 Å². The Hall–Kier alpha value is -2.28. The average molecular weight is 391 g/mol. The highest BCUT2D eigenvalue weighted by Crippen LogP contribution is 2.41. The van der Waals surface area contributed by atoms with Crippen molar-refractivity contribution < 1.29 is 17.9 Å². The van der Waals surface area contributed by atoms with E-state index in [1.165, 1.54) is 26.2 Å². The molecule has 1 aromatic carbocycles. The van der Waals surface area contributed by atoms with Crippen LogP contribution in [0, 0.1) is 13.8 Å². The summed E-state index contributed by atoms with van der Waals surface area (Å²) in [4.78, 5) is 12.2. The van der Waals surface area contributed by atoms with E-state index in [-0.39, 0.29) is 21.7 Å². The number of hydrogen-bond acceptors (Lipinski definition) is 4. The Morgan fingerprint density at radius 2 is 1.74 bits per heavy atom. The molecule has 27 heavy (non-hydrogen) atoms. The molecule has 0 aliphatic heterocycles. The third-order valence-corrected chi connectivity index (χ3v) is 7.25. The minimum atomic E-state index is -3.79. The number of nitrogens with one attached hydrogen (secondary N) is 1. The third-order valence-electron chi connectivity index (χ3n) is 5.32. The first-order valence-electron chi connectivity index (χ1n) is 9.15. The van der Waals surface area contributed by atoms with Gasteiger partial charge in [0.2, 0.25) is 15.7 Å². The molecule has 1 fully saturated rings. The lowest BCUT2D eigenvalue weighted by atomic mass is 10.2. The number of amides is 1. The number of benzene rings is 1. The number of hydrogen-bond donors (Lipinski definition) is 1. The smallest absolute Gasteiger partial charge is 0.222 e. The predicted octanol–water partition coefficient (Wildman–Crippen LogP) is 4.02.